The van der Waals surface area contributed by atoms with Gasteiger partial charge in [-0.15, -0.1) is 0 Å². The third kappa shape index (κ3) is 9.93. The van der Waals surface area contributed by atoms with Crippen molar-refractivity contribution in [2.24, 2.45) is 11.8 Å². The largest absolute Gasteiger partial charge is 0.256 e. The summed E-state index contributed by atoms with van der Waals surface area (Å²) in [6.45, 7) is 4.58. The molecule has 1 aromatic heterocycles. The molecule has 1 aromatic carbocycles. The summed E-state index contributed by atoms with van der Waals surface area (Å²) >= 11 is 0. The van der Waals surface area contributed by atoms with E-state index in [2.05, 4.69) is 56.4 Å². The molecule has 0 unspecified atom stereocenters. The fraction of sp³-hybridized carbons (Fsp3) is 0.667. The quantitative estimate of drug-likeness (QED) is 0.226. The molecule has 0 radical (unpaired) electrons. The predicted molar refractivity (Wildman–Crippen MR) is 149 cm³/mol. The van der Waals surface area contributed by atoms with Gasteiger partial charge in [0.05, 0.1) is 5.69 Å². The molecule has 1 saturated carbocycles. The standard InChI is InChI=1S/C33H51N/c1-3-5-7-9-11-13-28-15-17-29(18-16-28)19-20-30-21-24-32(25-22-30)33-26-23-31(27-34-33)14-12-10-8-6-4-2/h21-29H,3-20H2,1-2H3/t28-,29-. The smallest absolute Gasteiger partial charge is 0.0702 e. The van der Waals surface area contributed by atoms with Gasteiger partial charge in [0, 0.05) is 11.8 Å². The molecule has 0 N–H and O–H groups in total. The Morgan fingerprint density at radius 2 is 1.18 bits per heavy atom. The van der Waals surface area contributed by atoms with E-state index in [0.717, 1.165) is 24.0 Å². The Bertz CT molecular complexity index is 752. The van der Waals surface area contributed by atoms with E-state index in [0.29, 0.717) is 0 Å². The normalized spacial score (nSPS) is 18.3. The number of hydrogen-bond donors (Lipinski definition) is 0. The summed E-state index contributed by atoms with van der Waals surface area (Å²) in [7, 11) is 0. The first-order valence-electron chi connectivity index (χ1n) is 14.8. The van der Waals surface area contributed by atoms with Crippen LogP contribution in [0.3, 0.4) is 0 Å². The molecule has 3 rings (SSSR count). The number of benzene rings is 1. The second kappa shape index (κ2) is 16.1. The minimum Gasteiger partial charge on any atom is -0.256 e. The number of unbranched alkanes of at least 4 members (excludes halogenated alkanes) is 8. The third-order valence-electron chi connectivity index (χ3n) is 8.17. The average molecular weight is 462 g/mol. The van der Waals surface area contributed by atoms with Crippen LogP contribution in [0.2, 0.25) is 0 Å². The lowest BCUT2D eigenvalue weighted by Gasteiger charge is -2.28. The number of nitrogens with zero attached hydrogens (tertiary/aromatic N) is 1. The molecule has 1 heteroatoms. The highest BCUT2D eigenvalue weighted by atomic mass is 14.7. The lowest BCUT2D eigenvalue weighted by atomic mass is 9.77. The molecule has 0 bridgehead atoms. The summed E-state index contributed by atoms with van der Waals surface area (Å²) in [5, 5.41) is 0. The lowest BCUT2D eigenvalue weighted by molar-refractivity contribution is 0.248. The van der Waals surface area contributed by atoms with Crippen LogP contribution in [0, 0.1) is 11.8 Å². The Balaban J connectivity index is 1.33. The molecule has 0 aliphatic heterocycles. The maximum Gasteiger partial charge on any atom is 0.0702 e. The number of hydrogen-bond acceptors (Lipinski definition) is 1. The Labute approximate surface area is 211 Å². The number of pyridine rings is 1. The van der Waals surface area contributed by atoms with Crippen molar-refractivity contribution in [3.8, 4) is 11.3 Å². The van der Waals surface area contributed by atoms with E-state index in [1.165, 1.54) is 126 Å². The molecule has 1 nitrogen and oxygen atoms in total. The van der Waals surface area contributed by atoms with Crippen molar-refractivity contribution < 1.29 is 0 Å². The van der Waals surface area contributed by atoms with E-state index >= 15 is 0 Å². The van der Waals surface area contributed by atoms with Crippen LogP contribution in [0.5, 0.6) is 0 Å². The zero-order chi connectivity index (χ0) is 23.8. The van der Waals surface area contributed by atoms with Crippen molar-refractivity contribution in [2.45, 2.75) is 129 Å². The maximum absolute atomic E-state index is 4.76. The van der Waals surface area contributed by atoms with E-state index in [9.17, 15) is 0 Å². The SMILES string of the molecule is CCCCCCCc1ccc(-c2ccc(CC[C@H]3CC[C@H](CCCCCCC)CC3)cc2)nc1. The van der Waals surface area contributed by atoms with Gasteiger partial charge in [-0.05, 0) is 54.7 Å². The molecule has 188 valence electrons. The van der Waals surface area contributed by atoms with Gasteiger partial charge in [0.15, 0.2) is 0 Å². The van der Waals surface area contributed by atoms with E-state index in [1.54, 1.807) is 0 Å². The van der Waals surface area contributed by atoms with Gasteiger partial charge in [-0.1, -0.05) is 134 Å². The molecular formula is C33H51N. The van der Waals surface area contributed by atoms with E-state index in [-0.39, 0.29) is 0 Å². The van der Waals surface area contributed by atoms with Crippen LogP contribution >= 0.6 is 0 Å². The Hall–Kier alpha value is -1.63. The maximum atomic E-state index is 4.76. The highest BCUT2D eigenvalue weighted by molar-refractivity contribution is 5.59. The number of rotatable bonds is 16. The molecule has 0 amide bonds. The van der Waals surface area contributed by atoms with Crippen LogP contribution in [-0.2, 0) is 12.8 Å². The predicted octanol–water partition coefficient (Wildman–Crippen LogP) is 10.4. The second-order valence-corrected chi connectivity index (χ2v) is 11.0. The monoisotopic (exact) mass is 461 g/mol. The van der Waals surface area contributed by atoms with Gasteiger partial charge in [0.1, 0.15) is 0 Å². The van der Waals surface area contributed by atoms with Gasteiger partial charge in [-0.3, -0.25) is 4.98 Å². The van der Waals surface area contributed by atoms with Gasteiger partial charge in [-0.25, -0.2) is 0 Å². The fourth-order valence-electron chi connectivity index (χ4n) is 5.73. The van der Waals surface area contributed by atoms with E-state index < -0.39 is 0 Å². The molecule has 1 aliphatic rings. The molecule has 0 atom stereocenters. The Morgan fingerprint density at radius 1 is 0.588 bits per heavy atom. The summed E-state index contributed by atoms with van der Waals surface area (Å²) in [4.78, 5) is 4.76. The van der Waals surface area contributed by atoms with Crippen LogP contribution in [0.4, 0.5) is 0 Å². The van der Waals surface area contributed by atoms with Crippen molar-refractivity contribution in [3.63, 3.8) is 0 Å². The Kier molecular flexibility index (Phi) is 12.8. The molecule has 2 aromatic rings. The minimum absolute atomic E-state index is 0.951. The number of aryl methyl sites for hydroxylation is 2. The Morgan fingerprint density at radius 3 is 1.79 bits per heavy atom. The van der Waals surface area contributed by atoms with E-state index in [1.807, 2.05) is 0 Å². The topological polar surface area (TPSA) is 12.9 Å². The molecule has 0 saturated heterocycles. The van der Waals surface area contributed by atoms with Crippen LogP contribution in [0.25, 0.3) is 11.3 Å². The van der Waals surface area contributed by atoms with Crippen LogP contribution in [0.1, 0.15) is 128 Å². The van der Waals surface area contributed by atoms with Crippen LogP contribution in [-0.4, -0.2) is 4.98 Å². The zero-order valence-corrected chi connectivity index (χ0v) is 22.4. The van der Waals surface area contributed by atoms with Gasteiger partial charge >= 0.3 is 0 Å². The molecular weight excluding hydrogens is 410 g/mol. The molecule has 34 heavy (non-hydrogen) atoms. The molecule has 1 heterocycles. The lowest BCUT2D eigenvalue weighted by Crippen LogP contribution is -2.15. The third-order valence-corrected chi connectivity index (χ3v) is 8.17. The molecule has 0 spiro atoms. The summed E-state index contributed by atoms with van der Waals surface area (Å²) in [5.74, 6) is 1.98. The summed E-state index contributed by atoms with van der Waals surface area (Å²) < 4.78 is 0. The fourth-order valence-corrected chi connectivity index (χ4v) is 5.73. The van der Waals surface area contributed by atoms with Gasteiger partial charge < -0.3 is 0 Å². The minimum atomic E-state index is 0.951. The van der Waals surface area contributed by atoms with Crippen LogP contribution < -0.4 is 0 Å². The highest BCUT2D eigenvalue weighted by Crippen LogP contribution is 2.34. The van der Waals surface area contributed by atoms with Gasteiger partial charge in [-0.2, -0.15) is 0 Å². The van der Waals surface area contributed by atoms with Crippen LogP contribution in [0.15, 0.2) is 42.6 Å². The first-order chi connectivity index (χ1) is 16.8. The summed E-state index contributed by atoms with van der Waals surface area (Å²) in [6, 6.07) is 13.7. The average Bonchev–Trinajstić information content (AvgIpc) is 2.89. The van der Waals surface area contributed by atoms with Crippen molar-refractivity contribution in [1.29, 1.82) is 0 Å². The first-order valence-corrected chi connectivity index (χ1v) is 14.8. The molecule has 1 fully saturated rings. The number of aromatic nitrogens is 1. The van der Waals surface area contributed by atoms with Crippen molar-refractivity contribution in [2.75, 3.05) is 0 Å². The second-order valence-electron chi connectivity index (χ2n) is 11.0. The first kappa shape index (κ1) is 27.0. The zero-order valence-electron chi connectivity index (χ0n) is 22.4. The summed E-state index contributed by atoms with van der Waals surface area (Å²) in [5.41, 5.74) is 5.22. The van der Waals surface area contributed by atoms with Gasteiger partial charge in [0.2, 0.25) is 0 Å². The van der Waals surface area contributed by atoms with Crippen molar-refractivity contribution >= 4 is 0 Å². The van der Waals surface area contributed by atoms with Crippen molar-refractivity contribution in [3.05, 3.63) is 53.7 Å². The van der Waals surface area contributed by atoms with Gasteiger partial charge in [0.25, 0.3) is 0 Å². The van der Waals surface area contributed by atoms with Crippen molar-refractivity contribution in [1.82, 2.24) is 4.98 Å². The molecule has 1 aliphatic carbocycles. The highest BCUT2D eigenvalue weighted by Gasteiger charge is 2.20. The van der Waals surface area contributed by atoms with E-state index in [4.69, 9.17) is 4.98 Å². The summed E-state index contributed by atoms with van der Waals surface area (Å²) in [6.07, 6.45) is 27.1.